The number of hydrogen-bond donors (Lipinski definition) is 0. The van der Waals surface area contributed by atoms with E-state index in [4.69, 9.17) is 0 Å². The minimum absolute atomic E-state index is 1.35. The molecule has 0 aromatic carbocycles. The lowest BCUT2D eigenvalue weighted by atomic mass is 10.4. The van der Waals surface area contributed by atoms with Gasteiger partial charge in [-0.05, 0) is 42.3 Å². The SMILES string of the molecule is CCCCSCCCSCCCC. The summed E-state index contributed by atoms with van der Waals surface area (Å²) in [4.78, 5) is 0. The third kappa shape index (κ3) is 12.7. The summed E-state index contributed by atoms with van der Waals surface area (Å²) in [6, 6.07) is 0. The second-order valence-electron chi connectivity index (χ2n) is 3.29. The monoisotopic (exact) mass is 220 g/mol. The lowest BCUT2D eigenvalue weighted by Gasteiger charge is -2.00. The molecule has 0 aliphatic heterocycles. The van der Waals surface area contributed by atoms with Crippen molar-refractivity contribution in [1.29, 1.82) is 0 Å². The summed E-state index contributed by atoms with van der Waals surface area (Å²) < 4.78 is 0. The molecule has 0 bridgehead atoms. The topological polar surface area (TPSA) is 0 Å². The van der Waals surface area contributed by atoms with Gasteiger partial charge in [0.2, 0.25) is 0 Å². The van der Waals surface area contributed by atoms with E-state index in [0.717, 1.165) is 0 Å². The van der Waals surface area contributed by atoms with Crippen LogP contribution in [0.4, 0.5) is 0 Å². The first-order valence-corrected chi connectivity index (χ1v) is 7.88. The van der Waals surface area contributed by atoms with Gasteiger partial charge in [-0.3, -0.25) is 0 Å². The highest BCUT2D eigenvalue weighted by Crippen LogP contribution is 2.10. The van der Waals surface area contributed by atoms with Gasteiger partial charge in [0.25, 0.3) is 0 Å². The maximum Gasteiger partial charge on any atom is -0.00597 e. The standard InChI is InChI=1S/C11H24S2/c1-3-5-8-12-10-7-11-13-9-6-4-2/h3-11H2,1-2H3. The summed E-state index contributed by atoms with van der Waals surface area (Å²) in [6.07, 6.45) is 6.89. The Morgan fingerprint density at radius 2 is 1.00 bits per heavy atom. The predicted molar refractivity (Wildman–Crippen MR) is 69.1 cm³/mol. The van der Waals surface area contributed by atoms with Crippen molar-refractivity contribution >= 4 is 23.5 Å². The van der Waals surface area contributed by atoms with Crippen LogP contribution < -0.4 is 0 Å². The van der Waals surface area contributed by atoms with Gasteiger partial charge in [0.1, 0.15) is 0 Å². The Balaban J connectivity index is 2.76. The number of hydrogen-bond acceptors (Lipinski definition) is 2. The molecule has 0 atom stereocenters. The fourth-order valence-corrected chi connectivity index (χ4v) is 3.23. The lowest BCUT2D eigenvalue weighted by Crippen LogP contribution is -1.88. The maximum atomic E-state index is 2.27. The third-order valence-corrected chi connectivity index (χ3v) is 4.17. The summed E-state index contributed by atoms with van der Waals surface area (Å²) >= 11 is 4.26. The van der Waals surface area contributed by atoms with Crippen molar-refractivity contribution in [1.82, 2.24) is 0 Å². The van der Waals surface area contributed by atoms with Gasteiger partial charge >= 0.3 is 0 Å². The van der Waals surface area contributed by atoms with Crippen LogP contribution in [-0.4, -0.2) is 23.0 Å². The molecule has 0 aromatic rings. The van der Waals surface area contributed by atoms with Crippen LogP contribution in [-0.2, 0) is 0 Å². The van der Waals surface area contributed by atoms with Crippen LogP contribution in [0.5, 0.6) is 0 Å². The number of thioether (sulfide) groups is 2. The molecule has 0 radical (unpaired) electrons. The largest absolute Gasteiger partial charge is 0.162 e. The Morgan fingerprint density at radius 1 is 0.615 bits per heavy atom. The molecule has 13 heavy (non-hydrogen) atoms. The van der Waals surface area contributed by atoms with E-state index in [9.17, 15) is 0 Å². The van der Waals surface area contributed by atoms with Crippen LogP contribution in [0.1, 0.15) is 46.0 Å². The molecule has 0 aliphatic carbocycles. The maximum absolute atomic E-state index is 2.27. The van der Waals surface area contributed by atoms with Crippen LogP contribution >= 0.6 is 23.5 Å². The fraction of sp³-hybridized carbons (Fsp3) is 1.00. The van der Waals surface area contributed by atoms with Gasteiger partial charge in [-0.15, -0.1) is 0 Å². The van der Waals surface area contributed by atoms with Crippen LogP contribution in [0.15, 0.2) is 0 Å². The molecule has 0 heterocycles. The number of unbranched alkanes of at least 4 members (excludes halogenated alkanes) is 2. The number of rotatable bonds is 10. The van der Waals surface area contributed by atoms with Crippen molar-refractivity contribution < 1.29 is 0 Å². The van der Waals surface area contributed by atoms with Crippen molar-refractivity contribution in [3.05, 3.63) is 0 Å². The predicted octanol–water partition coefficient (Wildman–Crippen LogP) is 4.44. The second-order valence-corrected chi connectivity index (χ2v) is 5.73. The molecule has 0 amide bonds. The fourth-order valence-electron chi connectivity index (χ4n) is 0.960. The van der Waals surface area contributed by atoms with Crippen molar-refractivity contribution in [2.24, 2.45) is 0 Å². The Hall–Kier alpha value is 0.700. The molecule has 0 spiro atoms. The zero-order valence-electron chi connectivity index (χ0n) is 9.18. The lowest BCUT2D eigenvalue weighted by molar-refractivity contribution is 0.893. The van der Waals surface area contributed by atoms with E-state index in [1.807, 2.05) is 0 Å². The van der Waals surface area contributed by atoms with Gasteiger partial charge in [0.05, 0.1) is 0 Å². The molecule has 0 nitrogen and oxygen atoms in total. The molecule has 0 N–H and O–H groups in total. The Morgan fingerprint density at radius 3 is 1.38 bits per heavy atom. The highest BCUT2D eigenvalue weighted by molar-refractivity contribution is 8.00. The summed E-state index contributed by atoms with van der Waals surface area (Å²) in [5.74, 6) is 5.49. The minimum atomic E-state index is 1.35. The second kappa shape index (κ2) is 12.7. The molecule has 0 aromatic heterocycles. The van der Waals surface area contributed by atoms with Crippen LogP contribution in [0.3, 0.4) is 0 Å². The van der Waals surface area contributed by atoms with Gasteiger partial charge < -0.3 is 0 Å². The first-order chi connectivity index (χ1) is 6.41. The highest BCUT2D eigenvalue weighted by Gasteiger charge is 1.91. The van der Waals surface area contributed by atoms with Crippen LogP contribution in [0, 0.1) is 0 Å². The summed E-state index contributed by atoms with van der Waals surface area (Å²) in [7, 11) is 0. The summed E-state index contributed by atoms with van der Waals surface area (Å²) in [5.41, 5.74) is 0. The molecule has 0 saturated heterocycles. The molecular formula is C11H24S2. The van der Waals surface area contributed by atoms with Gasteiger partial charge in [-0.1, -0.05) is 26.7 Å². The van der Waals surface area contributed by atoms with Gasteiger partial charge in [0.15, 0.2) is 0 Å². The Bertz CT molecular complexity index is 74.2. The minimum Gasteiger partial charge on any atom is -0.162 e. The Kier molecular flexibility index (Phi) is 13.4. The molecule has 0 fully saturated rings. The van der Waals surface area contributed by atoms with Gasteiger partial charge in [-0.25, -0.2) is 0 Å². The zero-order valence-corrected chi connectivity index (χ0v) is 10.8. The van der Waals surface area contributed by atoms with Crippen LogP contribution in [0.25, 0.3) is 0 Å². The molecule has 0 aliphatic rings. The first kappa shape index (κ1) is 13.7. The Labute approximate surface area is 92.6 Å². The zero-order chi connectivity index (χ0) is 9.78. The summed E-state index contributed by atoms with van der Waals surface area (Å²) in [5, 5.41) is 0. The summed E-state index contributed by atoms with van der Waals surface area (Å²) in [6.45, 7) is 4.53. The molecular weight excluding hydrogens is 196 g/mol. The van der Waals surface area contributed by atoms with E-state index >= 15 is 0 Å². The van der Waals surface area contributed by atoms with Gasteiger partial charge in [0, 0.05) is 0 Å². The van der Waals surface area contributed by atoms with Crippen molar-refractivity contribution in [3.63, 3.8) is 0 Å². The smallest absolute Gasteiger partial charge is 0.00597 e. The molecule has 0 unspecified atom stereocenters. The van der Waals surface area contributed by atoms with Crippen molar-refractivity contribution in [2.45, 2.75) is 46.0 Å². The van der Waals surface area contributed by atoms with Crippen LogP contribution in [0.2, 0.25) is 0 Å². The third-order valence-electron chi connectivity index (χ3n) is 1.86. The van der Waals surface area contributed by atoms with Gasteiger partial charge in [-0.2, -0.15) is 23.5 Å². The van der Waals surface area contributed by atoms with E-state index in [-0.39, 0.29) is 0 Å². The van der Waals surface area contributed by atoms with Crippen molar-refractivity contribution in [3.8, 4) is 0 Å². The van der Waals surface area contributed by atoms with Crippen molar-refractivity contribution in [2.75, 3.05) is 23.0 Å². The average Bonchev–Trinajstić information content (AvgIpc) is 2.16. The molecule has 0 saturated carbocycles. The van der Waals surface area contributed by atoms with E-state index in [1.54, 1.807) is 0 Å². The highest BCUT2D eigenvalue weighted by atomic mass is 32.2. The van der Waals surface area contributed by atoms with E-state index in [0.29, 0.717) is 0 Å². The van der Waals surface area contributed by atoms with E-state index in [1.165, 1.54) is 55.1 Å². The molecule has 0 rings (SSSR count). The van der Waals surface area contributed by atoms with E-state index in [2.05, 4.69) is 37.4 Å². The molecule has 2 heteroatoms. The quantitative estimate of drug-likeness (QED) is 0.499. The molecule has 80 valence electrons. The normalized spacial score (nSPS) is 10.6. The van der Waals surface area contributed by atoms with E-state index < -0.39 is 0 Å². The average molecular weight is 220 g/mol. The first-order valence-electron chi connectivity index (χ1n) is 5.57.